The van der Waals surface area contributed by atoms with Gasteiger partial charge in [0.15, 0.2) is 6.10 Å². The second-order valence-electron chi connectivity index (χ2n) is 4.92. The summed E-state index contributed by atoms with van der Waals surface area (Å²) in [5.41, 5.74) is 1.66. The van der Waals surface area contributed by atoms with Crippen LogP contribution in [0.3, 0.4) is 0 Å². The first-order valence-corrected chi connectivity index (χ1v) is 8.16. The highest BCUT2D eigenvalue weighted by atomic mass is 79.9. The van der Waals surface area contributed by atoms with Crippen LogP contribution < -0.4 is 10.1 Å². The van der Waals surface area contributed by atoms with E-state index < -0.39 is 6.10 Å². The van der Waals surface area contributed by atoms with Crippen LogP contribution in [-0.2, 0) is 4.79 Å². The van der Waals surface area contributed by atoms with E-state index >= 15 is 0 Å². The molecule has 1 amide bonds. The number of anilines is 1. The topological polar surface area (TPSA) is 38.3 Å². The second kappa shape index (κ2) is 7.65. The molecule has 0 fully saturated rings. The van der Waals surface area contributed by atoms with Crippen molar-refractivity contribution in [2.45, 2.75) is 26.4 Å². The molecule has 2 aromatic rings. The van der Waals surface area contributed by atoms with Gasteiger partial charge in [-0.3, -0.25) is 4.79 Å². The molecule has 22 heavy (non-hydrogen) atoms. The molecular formula is C17H17BrClNO2. The third kappa shape index (κ3) is 4.49. The molecule has 0 unspecified atom stereocenters. The van der Waals surface area contributed by atoms with Crippen molar-refractivity contribution in [2.75, 3.05) is 5.32 Å². The van der Waals surface area contributed by atoms with E-state index in [9.17, 15) is 4.79 Å². The van der Waals surface area contributed by atoms with Gasteiger partial charge in [0, 0.05) is 15.2 Å². The number of amides is 1. The number of carbonyl (C=O) groups is 1. The molecule has 0 aliphatic heterocycles. The Morgan fingerprint density at radius 2 is 1.95 bits per heavy atom. The van der Waals surface area contributed by atoms with Crippen molar-refractivity contribution in [2.24, 2.45) is 0 Å². The molecule has 0 radical (unpaired) electrons. The maximum atomic E-state index is 12.3. The van der Waals surface area contributed by atoms with Gasteiger partial charge in [0.2, 0.25) is 0 Å². The van der Waals surface area contributed by atoms with E-state index in [4.69, 9.17) is 16.3 Å². The number of hydrogen-bond donors (Lipinski definition) is 1. The average molecular weight is 383 g/mol. The molecule has 0 heterocycles. The molecular weight excluding hydrogens is 366 g/mol. The van der Waals surface area contributed by atoms with E-state index in [0.717, 1.165) is 15.7 Å². The van der Waals surface area contributed by atoms with E-state index in [1.54, 1.807) is 12.1 Å². The highest BCUT2D eigenvalue weighted by molar-refractivity contribution is 9.10. The van der Waals surface area contributed by atoms with Gasteiger partial charge in [-0.1, -0.05) is 34.5 Å². The van der Waals surface area contributed by atoms with Gasteiger partial charge in [0.25, 0.3) is 5.91 Å². The number of rotatable bonds is 5. The van der Waals surface area contributed by atoms with Crippen LogP contribution in [-0.4, -0.2) is 12.0 Å². The molecule has 2 rings (SSSR count). The molecule has 0 aliphatic carbocycles. The Balaban J connectivity index is 2.05. The van der Waals surface area contributed by atoms with Gasteiger partial charge < -0.3 is 10.1 Å². The summed E-state index contributed by atoms with van der Waals surface area (Å²) in [4.78, 5) is 12.3. The summed E-state index contributed by atoms with van der Waals surface area (Å²) in [7, 11) is 0. The highest BCUT2D eigenvalue weighted by Crippen LogP contribution is 2.23. The van der Waals surface area contributed by atoms with Crippen LogP contribution >= 0.6 is 27.5 Å². The summed E-state index contributed by atoms with van der Waals surface area (Å²) in [6.45, 7) is 3.81. The zero-order valence-electron chi connectivity index (χ0n) is 12.4. The van der Waals surface area contributed by atoms with Gasteiger partial charge in [-0.15, -0.1) is 0 Å². The van der Waals surface area contributed by atoms with E-state index in [-0.39, 0.29) is 5.91 Å². The SMILES string of the molecule is CC[C@H](Oc1ccc(Cl)c(C)c1)C(=O)Nc1ccc(Br)cc1. The van der Waals surface area contributed by atoms with Crippen molar-refractivity contribution in [3.8, 4) is 5.75 Å². The molecule has 0 spiro atoms. The highest BCUT2D eigenvalue weighted by Gasteiger charge is 2.18. The molecule has 116 valence electrons. The summed E-state index contributed by atoms with van der Waals surface area (Å²) in [6.07, 6.45) is 0.0218. The fraction of sp³-hybridized carbons (Fsp3) is 0.235. The molecule has 2 aromatic carbocycles. The van der Waals surface area contributed by atoms with Crippen LogP contribution in [0.25, 0.3) is 0 Å². The Labute approximate surface area is 143 Å². The number of ether oxygens (including phenoxy) is 1. The van der Waals surface area contributed by atoms with Crippen molar-refractivity contribution < 1.29 is 9.53 Å². The van der Waals surface area contributed by atoms with Crippen molar-refractivity contribution in [1.29, 1.82) is 0 Å². The minimum absolute atomic E-state index is 0.169. The minimum Gasteiger partial charge on any atom is -0.481 e. The van der Waals surface area contributed by atoms with Gasteiger partial charge in [-0.2, -0.15) is 0 Å². The summed E-state index contributed by atoms with van der Waals surface area (Å²) in [6, 6.07) is 12.8. The van der Waals surface area contributed by atoms with Crippen LogP contribution in [0.5, 0.6) is 5.75 Å². The lowest BCUT2D eigenvalue weighted by atomic mass is 10.2. The number of halogens is 2. The number of hydrogen-bond acceptors (Lipinski definition) is 2. The maximum absolute atomic E-state index is 12.3. The van der Waals surface area contributed by atoms with Crippen molar-refractivity contribution in [1.82, 2.24) is 0 Å². The number of nitrogens with one attached hydrogen (secondary N) is 1. The lowest BCUT2D eigenvalue weighted by Crippen LogP contribution is -2.32. The Morgan fingerprint density at radius 3 is 2.55 bits per heavy atom. The predicted octanol–water partition coefficient (Wildman–Crippen LogP) is 5.21. The lowest BCUT2D eigenvalue weighted by molar-refractivity contribution is -0.122. The third-order valence-corrected chi connectivity index (χ3v) is 4.14. The van der Waals surface area contributed by atoms with Gasteiger partial charge in [-0.25, -0.2) is 0 Å². The zero-order valence-corrected chi connectivity index (χ0v) is 14.7. The van der Waals surface area contributed by atoms with Crippen molar-refractivity contribution in [3.63, 3.8) is 0 Å². The first-order chi connectivity index (χ1) is 10.5. The smallest absolute Gasteiger partial charge is 0.265 e. The van der Waals surface area contributed by atoms with Gasteiger partial charge in [0.05, 0.1) is 0 Å². The molecule has 0 aromatic heterocycles. The van der Waals surface area contributed by atoms with Gasteiger partial charge >= 0.3 is 0 Å². The van der Waals surface area contributed by atoms with Gasteiger partial charge in [-0.05, 0) is 61.4 Å². The molecule has 0 saturated carbocycles. The first-order valence-electron chi connectivity index (χ1n) is 6.99. The Kier molecular flexibility index (Phi) is 5.86. The predicted molar refractivity (Wildman–Crippen MR) is 93.7 cm³/mol. The fourth-order valence-electron chi connectivity index (χ4n) is 1.93. The monoisotopic (exact) mass is 381 g/mol. The summed E-state index contributed by atoms with van der Waals surface area (Å²) in [5.74, 6) is 0.470. The third-order valence-electron chi connectivity index (χ3n) is 3.18. The average Bonchev–Trinajstić information content (AvgIpc) is 2.50. The maximum Gasteiger partial charge on any atom is 0.265 e. The van der Waals surface area contributed by atoms with E-state index in [0.29, 0.717) is 17.2 Å². The fourth-order valence-corrected chi connectivity index (χ4v) is 2.31. The number of aryl methyl sites for hydroxylation is 1. The molecule has 0 bridgehead atoms. The van der Waals surface area contributed by atoms with Gasteiger partial charge in [0.1, 0.15) is 5.75 Å². The molecule has 5 heteroatoms. The zero-order chi connectivity index (χ0) is 16.1. The van der Waals surface area contributed by atoms with Crippen LogP contribution in [0.4, 0.5) is 5.69 Å². The molecule has 0 aliphatic rings. The Bertz CT molecular complexity index is 658. The first kappa shape index (κ1) is 16.8. The van der Waals surface area contributed by atoms with E-state index in [2.05, 4.69) is 21.2 Å². The quantitative estimate of drug-likeness (QED) is 0.771. The normalized spacial score (nSPS) is 11.8. The Hall–Kier alpha value is -1.52. The van der Waals surface area contributed by atoms with Crippen LogP contribution in [0, 0.1) is 6.92 Å². The summed E-state index contributed by atoms with van der Waals surface area (Å²) >= 11 is 9.36. The summed E-state index contributed by atoms with van der Waals surface area (Å²) in [5, 5.41) is 3.54. The van der Waals surface area contributed by atoms with Crippen LogP contribution in [0.15, 0.2) is 46.9 Å². The minimum atomic E-state index is -0.552. The number of benzene rings is 2. The standard InChI is InChI=1S/C17H17BrClNO2/c1-3-16(22-14-8-9-15(19)11(2)10-14)17(21)20-13-6-4-12(18)5-7-13/h4-10,16H,3H2,1-2H3,(H,20,21)/t16-/m0/s1. The number of carbonyl (C=O) groups excluding carboxylic acids is 1. The van der Waals surface area contributed by atoms with Crippen LogP contribution in [0.2, 0.25) is 5.02 Å². The van der Waals surface area contributed by atoms with Crippen molar-refractivity contribution >= 4 is 39.1 Å². The largest absolute Gasteiger partial charge is 0.481 e. The van der Waals surface area contributed by atoms with Crippen molar-refractivity contribution in [3.05, 3.63) is 57.5 Å². The molecule has 0 saturated heterocycles. The van der Waals surface area contributed by atoms with Crippen LogP contribution in [0.1, 0.15) is 18.9 Å². The molecule has 1 atom stereocenters. The lowest BCUT2D eigenvalue weighted by Gasteiger charge is -2.18. The van der Waals surface area contributed by atoms with E-state index in [1.165, 1.54) is 0 Å². The molecule has 3 nitrogen and oxygen atoms in total. The summed E-state index contributed by atoms with van der Waals surface area (Å²) < 4.78 is 6.74. The molecule has 1 N–H and O–H groups in total. The van der Waals surface area contributed by atoms with E-state index in [1.807, 2.05) is 44.2 Å². The Morgan fingerprint density at radius 1 is 1.27 bits per heavy atom. The second-order valence-corrected chi connectivity index (χ2v) is 6.24.